The van der Waals surface area contributed by atoms with Crippen LogP contribution in [0, 0.1) is 0 Å². The minimum Gasteiger partial charge on any atom is -0.463 e. The molecule has 0 aliphatic carbocycles. The van der Waals surface area contributed by atoms with E-state index < -0.39 is 24.9 Å². The maximum Gasteiger partial charge on any atom is 0.305 e. The van der Waals surface area contributed by atoms with Crippen molar-refractivity contribution in [1.29, 1.82) is 0 Å². The molecule has 0 amide bonds. The minimum absolute atomic E-state index is 0.0574. The summed E-state index contributed by atoms with van der Waals surface area (Å²) < 4.78 is 15.3. The average Bonchev–Trinajstić information content (AvgIpc) is 2.85. The number of hydrogen-bond donors (Lipinski definition) is 4. The highest BCUT2D eigenvalue weighted by molar-refractivity contribution is 5.69. The molecule has 0 aliphatic rings. The summed E-state index contributed by atoms with van der Waals surface area (Å²) in [5.74, 6) is -0.322. The number of allylic oxidation sites excluding steroid dienone is 2. The van der Waals surface area contributed by atoms with E-state index in [1.165, 1.54) is 57.8 Å². The van der Waals surface area contributed by atoms with Crippen molar-refractivity contribution in [2.45, 2.75) is 115 Å². The van der Waals surface area contributed by atoms with E-state index in [2.05, 4.69) is 19.1 Å². The van der Waals surface area contributed by atoms with Gasteiger partial charge in [0.15, 0.2) is 0 Å². The summed E-state index contributed by atoms with van der Waals surface area (Å²) >= 11 is 0. The van der Waals surface area contributed by atoms with E-state index in [1.54, 1.807) is 0 Å². The number of carbonyl (C=O) groups excluding carboxylic acids is 1. The van der Waals surface area contributed by atoms with Crippen LogP contribution in [0.4, 0.5) is 0 Å². The highest BCUT2D eigenvalue weighted by atomic mass is 16.6. The number of ether oxygens (including phenoxy) is 3. The molecule has 0 aliphatic heterocycles. The maximum absolute atomic E-state index is 11.8. The molecule has 0 aromatic rings. The van der Waals surface area contributed by atoms with Crippen LogP contribution in [-0.2, 0) is 19.0 Å². The second-order valence-electron chi connectivity index (χ2n) is 9.24. The van der Waals surface area contributed by atoms with Gasteiger partial charge in [0.25, 0.3) is 0 Å². The van der Waals surface area contributed by atoms with E-state index in [4.69, 9.17) is 24.4 Å². The van der Waals surface area contributed by atoms with Crippen molar-refractivity contribution < 1.29 is 39.4 Å². The zero-order chi connectivity index (χ0) is 26.0. The van der Waals surface area contributed by atoms with Crippen LogP contribution in [0.1, 0.15) is 96.8 Å². The number of unbranched alkanes of at least 4 members (excludes halogenated alkanes) is 11. The minimum atomic E-state index is -0.980. The molecular formula is C27H52O8. The van der Waals surface area contributed by atoms with Gasteiger partial charge >= 0.3 is 5.97 Å². The van der Waals surface area contributed by atoms with Crippen LogP contribution in [0.2, 0.25) is 0 Å². The summed E-state index contributed by atoms with van der Waals surface area (Å²) in [6.07, 6.45) is 17.8. The van der Waals surface area contributed by atoms with Gasteiger partial charge in [-0.3, -0.25) is 4.79 Å². The van der Waals surface area contributed by atoms with Crippen LogP contribution < -0.4 is 0 Å². The Kier molecular flexibility index (Phi) is 25.3. The Hall–Kier alpha value is -1.03. The van der Waals surface area contributed by atoms with E-state index in [0.717, 1.165) is 25.7 Å². The molecule has 0 rings (SSSR count). The monoisotopic (exact) mass is 504 g/mol. The van der Waals surface area contributed by atoms with Gasteiger partial charge in [-0.1, -0.05) is 70.4 Å². The first-order valence-corrected chi connectivity index (χ1v) is 13.6. The molecule has 0 radical (unpaired) electrons. The molecule has 0 aromatic carbocycles. The lowest BCUT2D eigenvalue weighted by Gasteiger charge is -2.15. The van der Waals surface area contributed by atoms with Crippen molar-refractivity contribution in [3.05, 3.63) is 12.2 Å². The van der Waals surface area contributed by atoms with E-state index in [1.807, 2.05) is 0 Å². The molecule has 8 heteroatoms. The number of hydrogen-bond acceptors (Lipinski definition) is 8. The lowest BCUT2D eigenvalue weighted by Crippen LogP contribution is -2.29. The molecule has 0 saturated carbocycles. The van der Waals surface area contributed by atoms with Gasteiger partial charge in [0.2, 0.25) is 0 Å². The fraction of sp³-hybridized carbons (Fsp3) is 0.889. The molecule has 0 heterocycles. The van der Waals surface area contributed by atoms with Gasteiger partial charge in [0.1, 0.15) is 24.9 Å². The fourth-order valence-electron chi connectivity index (χ4n) is 3.43. The van der Waals surface area contributed by atoms with Gasteiger partial charge in [-0.2, -0.15) is 0 Å². The summed E-state index contributed by atoms with van der Waals surface area (Å²) in [6.45, 7) is 1.43. The number of rotatable bonds is 26. The van der Waals surface area contributed by atoms with E-state index in [0.29, 0.717) is 6.42 Å². The van der Waals surface area contributed by atoms with Crippen molar-refractivity contribution in [2.24, 2.45) is 0 Å². The van der Waals surface area contributed by atoms with E-state index >= 15 is 0 Å². The first-order valence-electron chi connectivity index (χ1n) is 13.6. The normalized spacial score (nSPS) is 14.3. The molecule has 4 N–H and O–H groups in total. The fourth-order valence-corrected chi connectivity index (χ4v) is 3.43. The zero-order valence-electron chi connectivity index (χ0n) is 22.0. The highest BCUT2D eigenvalue weighted by Gasteiger charge is 2.12. The molecule has 35 heavy (non-hydrogen) atoms. The summed E-state index contributed by atoms with van der Waals surface area (Å²) in [5.41, 5.74) is 0. The standard InChI is InChI=1S/C27H52O8/c1-2-3-4-5-6-7-8-9-10-11-12-13-14-15-16-17-27(32)35-23-26(31)22-34-21-25(30)20-33-19-24(29)18-28/h9-10,24-26,28-31H,2-8,11-23H2,1H3. The molecule has 3 unspecified atom stereocenters. The van der Waals surface area contributed by atoms with Gasteiger partial charge in [-0.05, 0) is 32.1 Å². The quantitative estimate of drug-likeness (QED) is 0.0799. The van der Waals surface area contributed by atoms with Gasteiger partial charge in [0.05, 0.1) is 33.0 Å². The van der Waals surface area contributed by atoms with Gasteiger partial charge in [-0.15, -0.1) is 0 Å². The third-order valence-electron chi connectivity index (χ3n) is 5.53. The van der Waals surface area contributed by atoms with Crippen molar-refractivity contribution in [3.63, 3.8) is 0 Å². The Morgan fingerprint density at radius 1 is 0.657 bits per heavy atom. The summed E-state index contributed by atoms with van der Waals surface area (Å²) in [4.78, 5) is 11.8. The maximum atomic E-state index is 11.8. The summed E-state index contributed by atoms with van der Waals surface area (Å²) in [6, 6.07) is 0. The van der Waals surface area contributed by atoms with E-state index in [9.17, 15) is 15.0 Å². The Bertz CT molecular complexity index is 486. The molecule has 0 bridgehead atoms. The van der Waals surface area contributed by atoms with Crippen LogP contribution in [0.25, 0.3) is 0 Å². The molecule has 3 atom stereocenters. The molecule has 0 fully saturated rings. The second-order valence-corrected chi connectivity index (χ2v) is 9.24. The molecular weight excluding hydrogens is 452 g/mol. The Balaban J connectivity index is 3.45. The summed E-state index contributed by atoms with van der Waals surface area (Å²) in [5, 5.41) is 37.3. The van der Waals surface area contributed by atoms with Crippen LogP contribution >= 0.6 is 0 Å². The smallest absolute Gasteiger partial charge is 0.305 e. The van der Waals surface area contributed by atoms with Crippen LogP contribution in [0.3, 0.4) is 0 Å². The predicted octanol–water partition coefficient (Wildman–Crippen LogP) is 3.68. The van der Waals surface area contributed by atoms with Crippen molar-refractivity contribution in [1.82, 2.24) is 0 Å². The van der Waals surface area contributed by atoms with Crippen molar-refractivity contribution >= 4 is 5.97 Å². The highest BCUT2D eigenvalue weighted by Crippen LogP contribution is 2.10. The lowest BCUT2D eigenvalue weighted by atomic mass is 10.1. The Labute approximate surface area is 212 Å². The number of aliphatic hydroxyl groups excluding tert-OH is 4. The molecule has 208 valence electrons. The largest absolute Gasteiger partial charge is 0.463 e. The molecule has 0 spiro atoms. The number of esters is 1. The molecule has 0 aromatic heterocycles. The van der Waals surface area contributed by atoms with E-state index in [-0.39, 0.29) is 39.0 Å². The lowest BCUT2D eigenvalue weighted by molar-refractivity contribution is -0.148. The Morgan fingerprint density at radius 3 is 1.66 bits per heavy atom. The van der Waals surface area contributed by atoms with Crippen molar-refractivity contribution in [3.8, 4) is 0 Å². The first-order chi connectivity index (χ1) is 17.0. The molecule has 0 saturated heterocycles. The van der Waals surface area contributed by atoms with Gasteiger partial charge in [-0.25, -0.2) is 0 Å². The number of aliphatic hydroxyl groups is 4. The van der Waals surface area contributed by atoms with Crippen LogP contribution in [0.5, 0.6) is 0 Å². The predicted molar refractivity (Wildman–Crippen MR) is 137 cm³/mol. The van der Waals surface area contributed by atoms with Gasteiger partial charge < -0.3 is 34.6 Å². The average molecular weight is 505 g/mol. The first kappa shape index (κ1) is 34.0. The SMILES string of the molecule is CCCCCCCCC=CCCCCCCCC(=O)OCC(O)COCC(O)COCC(O)CO. The second kappa shape index (κ2) is 26.0. The van der Waals surface area contributed by atoms with Crippen LogP contribution in [-0.4, -0.2) is 84.3 Å². The summed E-state index contributed by atoms with van der Waals surface area (Å²) in [7, 11) is 0. The van der Waals surface area contributed by atoms with Gasteiger partial charge in [0, 0.05) is 6.42 Å². The third-order valence-corrected chi connectivity index (χ3v) is 5.53. The topological polar surface area (TPSA) is 126 Å². The zero-order valence-corrected chi connectivity index (χ0v) is 22.0. The Morgan fingerprint density at radius 2 is 1.11 bits per heavy atom. The third kappa shape index (κ3) is 25.9. The molecule has 8 nitrogen and oxygen atoms in total. The number of carbonyl (C=O) groups is 1. The van der Waals surface area contributed by atoms with Crippen molar-refractivity contribution in [2.75, 3.05) is 39.6 Å². The van der Waals surface area contributed by atoms with Crippen LogP contribution in [0.15, 0.2) is 12.2 Å².